The van der Waals surface area contributed by atoms with Gasteiger partial charge < -0.3 is 0 Å². The van der Waals surface area contributed by atoms with Gasteiger partial charge in [-0.1, -0.05) is 30.3 Å². The highest BCUT2D eigenvalue weighted by molar-refractivity contribution is 5.83. The fraction of sp³-hybridized carbons (Fsp3) is 0.125. The minimum absolute atomic E-state index is 0.285. The number of aromatic nitrogens is 2. The summed E-state index contributed by atoms with van der Waals surface area (Å²) >= 11 is 0. The summed E-state index contributed by atoms with van der Waals surface area (Å²) in [5.41, 5.74) is 0.343. The standard InChI is InChI=1S/C16H11F3N2O/c17-16(18,19)11-7-5-10(6-8-11)9-14-12-3-1-2-4-13(12)15(22)21-20-14/h1-8H,9H2,(H,21,22). The van der Waals surface area contributed by atoms with Crippen molar-refractivity contribution >= 4 is 10.8 Å². The van der Waals surface area contributed by atoms with Crippen molar-refractivity contribution in [3.8, 4) is 0 Å². The number of H-pyrrole nitrogens is 1. The van der Waals surface area contributed by atoms with E-state index in [4.69, 9.17) is 0 Å². The van der Waals surface area contributed by atoms with E-state index in [0.717, 1.165) is 12.1 Å². The monoisotopic (exact) mass is 304 g/mol. The summed E-state index contributed by atoms with van der Waals surface area (Å²) in [6.45, 7) is 0. The first-order valence-corrected chi connectivity index (χ1v) is 6.57. The third-order valence-corrected chi connectivity index (χ3v) is 3.43. The Hall–Kier alpha value is -2.63. The minimum Gasteiger partial charge on any atom is -0.267 e. The highest BCUT2D eigenvalue weighted by atomic mass is 19.4. The molecule has 2 aromatic carbocycles. The molecule has 3 aromatic rings. The Balaban J connectivity index is 1.97. The third kappa shape index (κ3) is 2.72. The summed E-state index contributed by atoms with van der Waals surface area (Å²) < 4.78 is 37.6. The first-order valence-electron chi connectivity index (χ1n) is 6.57. The quantitative estimate of drug-likeness (QED) is 0.787. The topological polar surface area (TPSA) is 45.8 Å². The van der Waals surface area contributed by atoms with Gasteiger partial charge in [0.05, 0.1) is 16.6 Å². The van der Waals surface area contributed by atoms with E-state index in [2.05, 4.69) is 10.2 Å². The molecular weight excluding hydrogens is 293 g/mol. The molecule has 0 amide bonds. The predicted octanol–water partition coefficient (Wildman–Crippen LogP) is 3.53. The van der Waals surface area contributed by atoms with Gasteiger partial charge >= 0.3 is 6.18 Å². The summed E-state index contributed by atoms with van der Waals surface area (Å²) in [6, 6.07) is 11.9. The number of nitrogens with one attached hydrogen (secondary N) is 1. The average molecular weight is 304 g/mol. The molecule has 3 rings (SSSR count). The Bertz CT molecular complexity index is 867. The smallest absolute Gasteiger partial charge is 0.267 e. The molecule has 0 aliphatic rings. The molecule has 0 spiro atoms. The van der Waals surface area contributed by atoms with Crippen LogP contribution in [0.2, 0.25) is 0 Å². The van der Waals surface area contributed by atoms with E-state index in [1.807, 2.05) is 0 Å². The van der Waals surface area contributed by atoms with E-state index in [1.165, 1.54) is 12.1 Å². The van der Waals surface area contributed by atoms with Crippen LogP contribution in [-0.2, 0) is 12.6 Å². The molecule has 0 radical (unpaired) electrons. The van der Waals surface area contributed by atoms with Crippen LogP contribution in [0.1, 0.15) is 16.8 Å². The highest BCUT2D eigenvalue weighted by Gasteiger charge is 2.29. The molecule has 6 heteroatoms. The zero-order valence-electron chi connectivity index (χ0n) is 11.3. The largest absolute Gasteiger partial charge is 0.416 e. The van der Waals surface area contributed by atoms with Crippen molar-refractivity contribution in [2.24, 2.45) is 0 Å². The van der Waals surface area contributed by atoms with Crippen molar-refractivity contribution in [2.45, 2.75) is 12.6 Å². The Morgan fingerprint density at radius 3 is 2.23 bits per heavy atom. The first-order chi connectivity index (χ1) is 10.4. The van der Waals surface area contributed by atoms with Gasteiger partial charge in [0, 0.05) is 11.8 Å². The molecule has 1 N–H and O–H groups in total. The van der Waals surface area contributed by atoms with E-state index in [1.54, 1.807) is 24.3 Å². The number of aromatic amines is 1. The summed E-state index contributed by atoms with van der Waals surface area (Å²) in [5, 5.41) is 7.64. The number of nitrogens with zero attached hydrogens (tertiary/aromatic N) is 1. The summed E-state index contributed by atoms with van der Waals surface area (Å²) in [7, 11) is 0. The number of benzene rings is 2. The van der Waals surface area contributed by atoms with Gasteiger partial charge in [0.1, 0.15) is 0 Å². The number of hydrogen-bond acceptors (Lipinski definition) is 2. The van der Waals surface area contributed by atoms with E-state index in [9.17, 15) is 18.0 Å². The molecule has 22 heavy (non-hydrogen) atoms. The van der Waals surface area contributed by atoms with Crippen LogP contribution in [0.3, 0.4) is 0 Å². The molecule has 0 saturated carbocycles. The molecule has 0 aliphatic carbocycles. The van der Waals surface area contributed by atoms with Gasteiger partial charge in [0.25, 0.3) is 5.56 Å². The van der Waals surface area contributed by atoms with Crippen LogP contribution in [0.15, 0.2) is 53.3 Å². The summed E-state index contributed by atoms with van der Waals surface area (Å²) in [5.74, 6) is 0. The molecule has 1 heterocycles. The first kappa shape index (κ1) is 14.3. The SMILES string of the molecule is O=c1[nH]nc(Cc2ccc(C(F)(F)F)cc2)c2ccccc12. The number of halogens is 3. The van der Waals surface area contributed by atoms with Crippen molar-refractivity contribution in [2.75, 3.05) is 0 Å². The Kier molecular flexibility index (Phi) is 3.44. The lowest BCUT2D eigenvalue weighted by Gasteiger charge is -2.08. The molecule has 0 bridgehead atoms. The van der Waals surface area contributed by atoms with Gasteiger partial charge in [0.2, 0.25) is 0 Å². The normalized spacial score (nSPS) is 11.8. The highest BCUT2D eigenvalue weighted by Crippen LogP contribution is 2.29. The number of rotatable bonds is 2. The molecule has 112 valence electrons. The Morgan fingerprint density at radius 1 is 0.955 bits per heavy atom. The van der Waals surface area contributed by atoms with Gasteiger partial charge in [-0.25, -0.2) is 5.10 Å². The van der Waals surface area contributed by atoms with Gasteiger partial charge in [0.15, 0.2) is 0 Å². The lowest BCUT2D eigenvalue weighted by Crippen LogP contribution is -2.11. The molecule has 0 saturated heterocycles. The Morgan fingerprint density at radius 2 is 1.59 bits per heavy atom. The van der Waals surface area contributed by atoms with Crippen LogP contribution < -0.4 is 5.56 Å². The third-order valence-electron chi connectivity index (χ3n) is 3.43. The Labute approximate surface area is 123 Å². The predicted molar refractivity (Wildman–Crippen MR) is 76.6 cm³/mol. The molecule has 0 unspecified atom stereocenters. The maximum Gasteiger partial charge on any atom is 0.416 e. The molecule has 3 nitrogen and oxygen atoms in total. The molecule has 0 atom stereocenters. The second kappa shape index (κ2) is 5.29. The zero-order chi connectivity index (χ0) is 15.7. The van der Waals surface area contributed by atoms with E-state index in [0.29, 0.717) is 28.5 Å². The fourth-order valence-electron chi connectivity index (χ4n) is 2.31. The lowest BCUT2D eigenvalue weighted by molar-refractivity contribution is -0.137. The van der Waals surface area contributed by atoms with Crippen LogP contribution in [0.25, 0.3) is 10.8 Å². The summed E-state index contributed by atoms with van der Waals surface area (Å²) in [4.78, 5) is 11.7. The molecule has 0 fully saturated rings. The molecule has 0 aliphatic heterocycles. The van der Waals surface area contributed by atoms with Crippen molar-refractivity contribution in [1.29, 1.82) is 0 Å². The van der Waals surface area contributed by atoms with Crippen LogP contribution in [0.4, 0.5) is 13.2 Å². The number of hydrogen-bond donors (Lipinski definition) is 1. The maximum absolute atomic E-state index is 12.5. The van der Waals surface area contributed by atoms with E-state index < -0.39 is 11.7 Å². The van der Waals surface area contributed by atoms with Crippen LogP contribution in [-0.4, -0.2) is 10.2 Å². The van der Waals surface area contributed by atoms with Crippen molar-refractivity contribution in [3.05, 3.63) is 75.7 Å². The second-order valence-electron chi connectivity index (χ2n) is 4.92. The minimum atomic E-state index is -4.35. The number of alkyl halides is 3. The average Bonchev–Trinajstić information content (AvgIpc) is 2.50. The van der Waals surface area contributed by atoms with Gasteiger partial charge in [-0.15, -0.1) is 0 Å². The second-order valence-corrected chi connectivity index (χ2v) is 4.92. The molecule has 1 aromatic heterocycles. The van der Waals surface area contributed by atoms with Crippen molar-refractivity contribution in [3.63, 3.8) is 0 Å². The van der Waals surface area contributed by atoms with Crippen molar-refractivity contribution < 1.29 is 13.2 Å². The van der Waals surface area contributed by atoms with Gasteiger partial charge in [-0.2, -0.15) is 18.3 Å². The maximum atomic E-state index is 12.5. The van der Waals surface area contributed by atoms with E-state index >= 15 is 0 Å². The van der Waals surface area contributed by atoms with E-state index in [-0.39, 0.29) is 5.56 Å². The van der Waals surface area contributed by atoms with Crippen LogP contribution in [0.5, 0.6) is 0 Å². The van der Waals surface area contributed by atoms with Gasteiger partial charge in [-0.05, 0) is 23.8 Å². The zero-order valence-corrected chi connectivity index (χ0v) is 11.3. The number of fused-ring (bicyclic) bond motifs is 1. The van der Waals surface area contributed by atoms with Crippen molar-refractivity contribution in [1.82, 2.24) is 10.2 Å². The summed E-state index contributed by atoms with van der Waals surface area (Å²) in [6.07, 6.45) is -4.00. The lowest BCUT2D eigenvalue weighted by atomic mass is 10.0. The van der Waals surface area contributed by atoms with Gasteiger partial charge in [-0.3, -0.25) is 4.79 Å². The van der Waals surface area contributed by atoms with Crippen LogP contribution in [0, 0.1) is 0 Å². The molecular formula is C16H11F3N2O. The van der Waals surface area contributed by atoms with Crippen LogP contribution >= 0.6 is 0 Å². The fourth-order valence-corrected chi connectivity index (χ4v) is 2.31.